The summed E-state index contributed by atoms with van der Waals surface area (Å²) in [6.45, 7) is 2.46. The van der Waals surface area contributed by atoms with E-state index in [1.165, 1.54) is 6.21 Å². The summed E-state index contributed by atoms with van der Waals surface area (Å²) in [6.07, 6.45) is 1.54. The molecule has 0 spiro atoms. The highest BCUT2D eigenvalue weighted by Gasteiger charge is 2.11. The predicted molar refractivity (Wildman–Crippen MR) is 103 cm³/mol. The van der Waals surface area contributed by atoms with E-state index in [0.717, 1.165) is 9.13 Å². The monoisotopic (exact) mass is 439 g/mol. The second-order valence-electron chi connectivity index (χ2n) is 4.75. The standard InChI is InChI=1S/C17H18IN3O3/c1-3-24-16-13(18)8-11(9-15(16)23-2)10-20-21-17(22)12-6-4-5-7-14(12)19/h4-10H,3,19H2,1-2H3,(H,21,22)/b20-10-. The molecular weight excluding hydrogens is 421 g/mol. The first-order chi connectivity index (χ1) is 11.6. The Hall–Kier alpha value is -2.29. The van der Waals surface area contributed by atoms with Gasteiger partial charge in [0, 0.05) is 5.69 Å². The zero-order valence-corrected chi connectivity index (χ0v) is 15.5. The molecule has 0 heterocycles. The highest BCUT2D eigenvalue weighted by atomic mass is 127. The molecule has 0 radical (unpaired) electrons. The number of carbonyl (C=O) groups excluding carboxylic acids is 1. The van der Waals surface area contributed by atoms with Crippen molar-refractivity contribution in [2.24, 2.45) is 5.10 Å². The molecule has 0 aliphatic rings. The Bertz CT molecular complexity index is 763. The van der Waals surface area contributed by atoms with Crippen molar-refractivity contribution in [3.05, 3.63) is 51.1 Å². The summed E-state index contributed by atoms with van der Waals surface area (Å²) in [4.78, 5) is 12.0. The van der Waals surface area contributed by atoms with Crippen molar-refractivity contribution in [1.82, 2.24) is 5.43 Å². The molecule has 3 N–H and O–H groups in total. The number of ether oxygens (including phenoxy) is 2. The molecular formula is C17H18IN3O3. The number of benzene rings is 2. The summed E-state index contributed by atoms with van der Waals surface area (Å²) < 4.78 is 11.8. The van der Waals surface area contributed by atoms with E-state index in [-0.39, 0.29) is 5.91 Å². The Kier molecular flexibility index (Phi) is 6.42. The van der Waals surface area contributed by atoms with Gasteiger partial charge in [-0.2, -0.15) is 5.10 Å². The van der Waals surface area contributed by atoms with Gasteiger partial charge in [-0.15, -0.1) is 0 Å². The maximum Gasteiger partial charge on any atom is 0.273 e. The SMILES string of the molecule is CCOc1c(I)cc(/C=N\NC(=O)c2ccccc2N)cc1OC. The fourth-order valence-corrected chi connectivity index (χ4v) is 2.81. The van der Waals surface area contributed by atoms with Gasteiger partial charge in [0.05, 0.1) is 29.1 Å². The number of hydrogen-bond acceptors (Lipinski definition) is 5. The van der Waals surface area contributed by atoms with Gasteiger partial charge >= 0.3 is 0 Å². The Morgan fingerprint density at radius 3 is 2.79 bits per heavy atom. The smallest absolute Gasteiger partial charge is 0.273 e. The molecule has 0 bridgehead atoms. The summed E-state index contributed by atoms with van der Waals surface area (Å²) in [5, 5.41) is 3.97. The molecule has 0 aliphatic carbocycles. The lowest BCUT2D eigenvalue weighted by molar-refractivity contribution is 0.0956. The first-order valence-electron chi connectivity index (χ1n) is 7.25. The number of amides is 1. The van der Waals surface area contributed by atoms with Crippen LogP contribution < -0.4 is 20.6 Å². The number of nitrogen functional groups attached to an aromatic ring is 1. The van der Waals surface area contributed by atoms with Gasteiger partial charge in [-0.05, 0) is 59.3 Å². The third-order valence-electron chi connectivity index (χ3n) is 3.13. The average Bonchev–Trinajstić information content (AvgIpc) is 2.57. The Balaban J connectivity index is 2.13. The van der Waals surface area contributed by atoms with E-state index in [9.17, 15) is 4.79 Å². The van der Waals surface area contributed by atoms with Crippen molar-refractivity contribution >= 4 is 40.4 Å². The molecule has 0 saturated carbocycles. The van der Waals surface area contributed by atoms with Crippen molar-refractivity contribution < 1.29 is 14.3 Å². The fourth-order valence-electron chi connectivity index (χ4n) is 2.03. The Labute approximate surface area is 154 Å². The van der Waals surface area contributed by atoms with Gasteiger partial charge in [-0.1, -0.05) is 12.1 Å². The molecule has 2 aromatic carbocycles. The van der Waals surface area contributed by atoms with Crippen LogP contribution in [0.1, 0.15) is 22.8 Å². The Morgan fingerprint density at radius 1 is 1.38 bits per heavy atom. The van der Waals surface area contributed by atoms with Crippen LogP contribution in [0.25, 0.3) is 0 Å². The van der Waals surface area contributed by atoms with E-state index in [0.29, 0.717) is 29.4 Å². The molecule has 7 heteroatoms. The molecule has 0 saturated heterocycles. The maximum atomic E-state index is 12.0. The third kappa shape index (κ3) is 4.38. The molecule has 0 unspecified atom stereocenters. The van der Waals surface area contributed by atoms with E-state index >= 15 is 0 Å². The lowest BCUT2D eigenvalue weighted by Crippen LogP contribution is -2.19. The van der Waals surface area contributed by atoms with Crippen LogP contribution in [0.5, 0.6) is 11.5 Å². The maximum absolute atomic E-state index is 12.0. The third-order valence-corrected chi connectivity index (χ3v) is 3.93. The molecule has 2 aromatic rings. The highest BCUT2D eigenvalue weighted by molar-refractivity contribution is 14.1. The van der Waals surface area contributed by atoms with E-state index in [2.05, 4.69) is 33.1 Å². The van der Waals surface area contributed by atoms with Gasteiger partial charge in [0.25, 0.3) is 5.91 Å². The molecule has 24 heavy (non-hydrogen) atoms. The Morgan fingerprint density at radius 2 is 2.12 bits per heavy atom. The van der Waals surface area contributed by atoms with Gasteiger partial charge in [0.1, 0.15) is 0 Å². The molecule has 126 valence electrons. The van der Waals surface area contributed by atoms with Crippen molar-refractivity contribution in [2.75, 3.05) is 19.5 Å². The summed E-state index contributed by atoms with van der Waals surface area (Å²) in [5.41, 5.74) is 9.79. The lowest BCUT2D eigenvalue weighted by atomic mass is 10.2. The van der Waals surface area contributed by atoms with Crippen molar-refractivity contribution in [1.29, 1.82) is 0 Å². The van der Waals surface area contributed by atoms with Gasteiger partial charge in [0.15, 0.2) is 11.5 Å². The molecule has 2 rings (SSSR count). The number of nitrogens with two attached hydrogens (primary N) is 1. The second-order valence-corrected chi connectivity index (χ2v) is 5.92. The number of para-hydroxylation sites is 1. The minimum absolute atomic E-state index is 0.364. The molecule has 0 aliphatic heterocycles. The van der Waals surface area contributed by atoms with Crippen molar-refractivity contribution in [2.45, 2.75) is 6.92 Å². The number of hydrazone groups is 1. The first-order valence-corrected chi connectivity index (χ1v) is 8.33. The number of nitrogens with zero attached hydrogens (tertiary/aromatic N) is 1. The molecule has 0 fully saturated rings. The van der Waals surface area contributed by atoms with Gasteiger partial charge in [-0.3, -0.25) is 4.79 Å². The predicted octanol–water partition coefficient (Wildman–Crippen LogP) is 3.04. The van der Waals surface area contributed by atoms with E-state index in [1.807, 2.05) is 13.0 Å². The van der Waals surface area contributed by atoms with Crippen LogP contribution in [0.15, 0.2) is 41.5 Å². The van der Waals surface area contributed by atoms with E-state index < -0.39 is 0 Å². The van der Waals surface area contributed by atoms with Crippen LogP contribution in [-0.4, -0.2) is 25.8 Å². The highest BCUT2D eigenvalue weighted by Crippen LogP contribution is 2.33. The minimum Gasteiger partial charge on any atom is -0.493 e. The van der Waals surface area contributed by atoms with Crippen LogP contribution >= 0.6 is 22.6 Å². The second kappa shape index (κ2) is 8.53. The van der Waals surface area contributed by atoms with Gasteiger partial charge in [0.2, 0.25) is 0 Å². The summed E-state index contributed by atoms with van der Waals surface area (Å²) >= 11 is 2.17. The zero-order valence-electron chi connectivity index (χ0n) is 13.4. The number of hydrogen-bond donors (Lipinski definition) is 2. The summed E-state index contributed by atoms with van der Waals surface area (Å²) in [7, 11) is 1.58. The summed E-state index contributed by atoms with van der Waals surface area (Å²) in [5.74, 6) is 0.944. The number of methoxy groups -OCH3 is 1. The van der Waals surface area contributed by atoms with Gasteiger partial charge < -0.3 is 15.2 Å². The molecule has 0 atom stereocenters. The number of halogens is 1. The molecule has 0 aromatic heterocycles. The average molecular weight is 439 g/mol. The van der Waals surface area contributed by atoms with Crippen LogP contribution in [0.2, 0.25) is 0 Å². The molecule has 1 amide bonds. The normalized spacial score (nSPS) is 10.6. The van der Waals surface area contributed by atoms with Crippen molar-refractivity contribution in [3.63, 3.8) is 0 Å². The number of carbonyl (C=O) groups is 1. The molecule has 6 nitrogen and oxygen atoms in total. The van der Waals surface area contributed by atoms with E-state index in [4.69, 9.17) is 15.2 Å². The quantitative estimate of drug-likeness (QED) is 0.314. The van der Waals surface area contributed by atoms with Crippen molar-refractivity contribution in [3.8, 4) is 11.5 Å². The summed E-state index contributed by atoms with van der Waals surface area (Å²) in [6, 6.07) is 10.5. The van der Waals surface area contributed by atoms with Crippen LogP contribution in [0.4, 0.5) is 5.69 Å². The lowest BCUT2D eigenvalue weighted by Gasteiger charge is -2.12. The fraction of sp³-hybridized carbons (Fsp3) is 0.176. The number of anilines is 1. The minimum atomic E-state index is -0.364. The van der Waals surface area contributed by atoms with Gasteiger partial charge in [-0.25, -0.2) is 5.43 Å². The largest absolute Gasteiger partial charge is 0.493 e. The van der Waals surface area contributed by atoms with Crippen LogP contribution in [-0.2, 0) is 0 Å². The topological polar surface area (TPSA) is 85.9 Å². The van der Waals surface area contributed by atoms with Crippen LogP contribution in [0, 0.1) is 3.57 Å². The first kappa shape index (κ1) is 18.1. The zero-order chi connectivity index (χ0) is 17.5. The number of nitrogens with one attached hydrogen (secondary N) is 1. The van der Waals surface area contributed by atoms with E-state index in [1.54, 1.807) is 37.4 Å². The number of rotatable bonds is 6. The van der Waals surface area contributed by atoms with Crippen LogP contribution in [0.3, 0.4) is 0 Å².